The summed E-state index contributed by atoms with van der Waals surface area (Å²) in [5.74, 6) is -0.618. The van der Waals surface area contributed by atoms with E-state index in [1.165, 1.54) is 13.3 Å². The molecule has 206 valence electrons. The minimum absolute atomic E-state index is 0.0335. The van der Waals surface area contributed by atoms with Crippen LogP contribution in [0.3, 0.4) is 0 Å². The molecule has 0 fully saturated rings. The number of H-pyrrole nitrogens is 1. The lowest BCUT2D eigenvalue weighted by molar-refractivity contribution is -0.143. The lowest BCUT2D eigenvalue weighted by Crippen LogP contribution is -2.43. The summed E-state index contributed by atoms with van der Waals surface area (Å²) in [5, 5.41) is 5.29. The highest BCUT2D eigenvalue weighted by Crippen LogP contribution is 2.13. The van der Waals surface area contributed by atoms with Crippen molar-refractivity contribution in [3.05, 3.63) is 27.4 Å². The van der Waals surface area contributed by atoms with Gasteiger partial charge in [-0.3, -0.25) is 14.3 Å². The van der Waals surface area contributed by atoms with E-state index in [4.69, 9.17) is 26.4 Å². The molecule has 13 heteroatoms. The molecule has 0 aromatic carbocycles. The zero-order chi connectivity index (χ0) is 27.8. The minimum Gasteiger partial charge on any atom is -0.467 e. The Labute approximate surface area is 220 Å². The number of esters is 1. The molecule has 0 aliphatic rings. The van der Waals surface area contributed by atoms with Crippen molar-refractivity contribution in [3.63, 3.8) is 0 Å². The predicted octanol–water partition coefficient (Wildman–Crippen LogP) is 3.08. The fourth-order valence-electron chi connectivity index (χ4n) is 3.56. The predicted molar refractivity (Wildman–Crippen MR) is 140 cm³/mol. The molecule has 2 amide bonds. The summed E-state index contributed by atoms with van der Waals surface area (Å²) in [5.41, 5.74) is -0.549. The smallest absolute Gasteiger partial charge is 0.407 e. The molecule has 2 aromatic heterocycles. The zero-order valence-electron chi connectivity index (χ0n) is 22.2. The summed E-state index contributed by atoms with van der Waals surface area (Å²) in [6, 6.07) is 0.00962. The molecule has 0 aliphatic heterocycles. The van der Waals surface area contributed by atoms with Crippen LogP contribution in [0.4, 0.5) is 9.59 Å². The molecule has 2 rings (SSSR count). The van der Waals surface area contributed by atoms with Gasteiger partial charge in [-0.25, -0.2) is 14.4 Å². The minimum atomic E-state index is -0.944. The topological polar surface area (TPSA) is 146 Å². The van der Waals surface area contributed by atoms with Crippen LogP contribution in [0.1, 0.15) is 53.9 Å². The number of alkyl carbamates (subject to hydrolysis) is 1. The first kappa shape index (κ1) is 30.0. The number of aromatic nitrogens is 3. The Morgan fingerprint density at radius 3 is 2.51 bits per heavy atom. The maximum absolute atomic E-state index is 13.1. The maximum atomic E-state index is 13.1. The van der Waals surface area contributed by atoms with Crippen LogP contribution in [-0.2, 0) is 25.5 Å². The molecule has 0 unspecified atom stereocenters. The van der Waals surface area contributed by atoms with Gasteiger partial charge in [-0.15, -0.1) is 0 Å². The van der Waals surface area contributed by atoms with E-state index in [9.17, 15) is 19.2 Å². The highest BCUT2D eigenvalue weighted by atomic mass is 32.1. The second kappa shape index (κ2) is 13.4. The highest BCUT2D eigenvalue weighted by Gasteiger charge is 2.24. The molecule has 2 heterocycles. The normalized spacial score (nSPS) is 12.4. The molecular formula is C24H37N5O7S. The SMILES string of the molecule is COC(=O)[C@H](CCCCNC(=O)OC(C)(C)C)NC(=O)n1ccc2c1c(=O)[nH]c(=S)n2CCOC(C)C. The van der Waals surface area contributed by atoms with Crippen molar-refractivity contribution in [2.24, 2.45) is 0 Å². The number of carbonyl (C=O) groups excluding carboxylic acids is 3. The average Bonchev–Trinajstić information content (AvgIpc) is 3.24. The van der Waals surface area contributed by atoms with Crippen LogP contribution >= 0.6 is 12.2 Å². The van der Waals surface area contributed by atoms with Gasteiger partial charge < -0.3 is 29.4 Å². The molecule has 0 saturated carbocycles. The van der Waals surface area contributed by atoms with Crippen molar-refractivity contribution < 1.29 is 28.6 Å². The number of nitrogens with zero attached hydrogens (tertiary/aromatic N) is 2. The molecule has 0 radical (unpaired) electrons. The number of carbonyl (C=O) groups is 3. The van der Waals surface area contributed by atoms with Crippen LogP contribution in [0.15, 0.2) is 17.1 Å². The van der Waals surface area contributed by atoms with E-state index in [-0.39, 0.29) is 22.8 Å². The quantitative estimate of drug-likeness (QED) is 0.224. The van der Waals surface area contributed by atoms with Crippen molar-refractivity contribution in [3.8, 4) is 0 Å². The van der Waals surface area contributed by atoms with E-state index in [1.807, 2.05) is 13.8 Å². The molecule has 12 nitrogen and oxygen atoms in total. The Hall–Kier alpha value is -3.19. The Balaban J connectivity index is 2.09. The van der Waals surface area contributed by atoms with E-state index in [2.05, 4.69) is 15.6 Å². The van der Waals surface area contributed by atoms with Gasteiger partial charge in [0, 0.05) is 19.3 Å². The monoisotopic (exact) mass is 539 g/mol. The van der Waals surface area contributed by atoms with E-state index in [0.29, 0.717) is 38.1 Å². The first-order valence-corrected chi connectivity index (χ1v) is 12.6. The summed E-state index contributed by atoms with van der Waals surface area (Å²) in [7, 11) is 1.23. The third-order valence-corrected chi connectivity index (χ3v) is 5.52. The Morgan fingerprint density at radius 1 is 1.19 bits per heavy atom. The molecule has 0 bridgehead atoms. The number of hydrogen-bond donors (Lipinski definition) is 3. The van der Waals surface area contributed by atoms with Gasteiger partial charge in [0.2, 0.25) is 0 Å². The van der Waals surface area contributed by atoms with E-state index in [0.717, 1.165) is 4.57 Å². The first-order valence-electron chi connectivity index (χ1n) is 12.2. The molecular weight excluding hydrogens is 502 g/mol. The summed E-state index contributed by atoms with van der Waals surface area (Å²) >= 11 is 5.30. The van der Waals surface area contributed by atoms with Crippen LogP contribution in [0.25, 0.3) is 11.0 Å². The number of fused-ring (bicyclic) bond motifs is 1. The standard InChI is InChI=1S/C24H37N5O7S/c1-15(2)35-14-13-28-17-10-12-29(18(17)19(30)27-22(28)37)21(32)26-16(20(31)34-6)9-7-8-11-25-23(33)36-24(3,4)5/h10,12,15-16H,7-9,11,13-14H2,1-6H3,(H,25,33)(H,26,32)(H,27,30,37)/t16-/m0/s1. The van der Waals surface area contributed by atoms with Crippen molar-refractivity contribution in [1.82, 2.24) is 24.8 Å². The number of hydrogen-bond acceptors (Lipinski definition) is 8. The first-order chi connectivity index (χ1) is 17.3. The zero-order valence-corrected chi connectivity index (χ0v) is 23.0. The summed E-state index contributed by atoms with van der Waals surface area (Å²) in [6.07, 6.45) is 2.29. The van der Waals surface area contributed by atoms with Gasteiger partial charge in [-0.2, -0.15) is 0 Å². The number of methoxy groups -OCH3 is 1. The highest BCUT2D eigenvalue weighted by molar-refractivity contribution is 7.71. The summed E-state index contributed by atoms with van der Waals surface area (Å²) in [6.45, 7) is 10.3. The number of unbranched alkanes of at least 4 members (excludes halogenated alkanes) is 1. The third-order valence-electron chi connectivity index (χ3n) is 5.19. The molecule has 3 N–H and O–H groups in total. The van der Waals surface area contributed by atoms with E-state index < -0.39 is 35.3 Å². The number of rotatable bonds is 11. The summed E-state index contributed by atoms with van der Waals surface area (Å²) < 4.78 is 18.7. The van der Waals surface area contributed by atoms with Crippen LogP contribution in [0.2, 0.25) is 0 Å². The van der Waals surface area contributed by atoms with Gasteiger partial charge in [0.05, 0.1) is 25.3 Å². The van der Waals surface area contributed by atoms with Crippen LogP contribution in [0.5, 0.6) is 0 Å². The largest absolute Gasteiger partial charge is 0.467 e. The Kier molecular flexibility index (Phi) is 10.9. The average molecular weight is 540 g/mol. The third kappa shape index (κ3) is 9.01. The lowest BCUT2D eigenvalue weighted by atomic mass is 10.1. The van der Waals surface area contributed by atoms with Crippen molar-refractivity contribution in [1.29, 1.82) is 0 Å². The lowest BCUT2D eigenvalue weighted by Gasteiger charge is -2.20. The Morgan fingerprint density at radius 2 is 1.89 bits per heavy atom. The van der Waals surface area contributed by atoms with Crippen molar-refractivity contribution in [2.75, 3.05) is 20.3 Å². The van der Waals surface area contributed by atoms with Crippen LogP contribution in [-0.4, -0.2) is 70.2 Å². The van der Waals surface area contributed by atoms with Crippen molar-refractivity contribution >= 4 is 41.3 Å². The summed E-state index contributed by atoms with van der Waals surface area (Å²) in [4.78, 5) is 52.4. The molecule has 37 heavy (non-hydrogen) atoms. The molecule has 0 saturated heterocycles. The number of amides is 2. The Bertz CT molecular complexity index is 1210. The van der Waals surface area contributed by atoms with E-state index in [1.54, 1.807) is 31.4 Å². The number of nitrogens with one attached hydrogen (secondary N) is 3. The molecule has 0 spiro atoms. The second-order valence-electron chi connectivity index (χ2n) is 9.70. The fraction of sp³-hybridized carbons (Fsp3) is 0.625. The van der Waals surface area contributed by atoms with Gasteiger partial charge in [0.15, 0.2) is 4.77 Å². The van der Waals surface area contributed by atoms with Crippen LogP contribution < -0.4 is 16.2 Å². The molecule has 0 aliphatic carbocycles. The number of aromatic amines is 1. The second-order valence-corrected chi connectivity index (χ2v) is 10.1. The van der Waals surface area contributed by atoms with Gasteiger partial charge in [0.25, 0.3) is 5.56 Å². The van der Waals surface area contributed by atoms with Gasteiger partial charge in [-0.1, -0.05) is 0 Å². The molecule has 2 aromatic rings. The van der Waals surface area contributed by atoms with Crippen molar-refractivity contribution in [2.45, 2.75) is 78.2 Å². The number of ether oxygens (including phenoxy) is 3. The maximum Gasteiger partial charge on any atom is 0.407 e. The van der Waals surface area contributed by atoms with Gasteiger partial charge in [0.1, 0.15) is 17.2 Å². The van der Waals surface area contributed by atoms with Crippen LogP contribution in [0, 0.1) is 4.77 Å². The van der Waals surface area contributed by atoms with E-state index >= 15 is 0 Å². The van der Waals surface area contributed by atoms with Gasteiger partial charge in [-0.05, 0) is 72.2 Å². The fourth-order valence-corrected chi connectivity index (χ4v) is 3.84. The van der Waals surface area contributed by atoms with Gasteiger partial charge >= 0.3 is 18.1 Å². The molecule has 1 atom stereocenters.